The van der Waals surface area contributed by atoms with Crippen molar-refractivity contribution >= 4 is 34.2 Å². The number of carbonyl (C=O) groups is 1. The molecule has 1 aromatic heterocycles. The molecule has 0 saturated heterocycles. The third kappa shape index (κ3) is 5.91. The fraction of sp³-hybridized carbons (Fsp3) is 0.194. The Morgan fingerprint density at radius 3 is 2.46 bits per heavy atom. The smallest absolute Gasteiger partial charge is 0.337 e. The standard InChI is InChI=1S/C36H31FN2O6S/c1-4-43-30-17-15-23(18-31(30)44-5-2)33-27(35(41)42-3)20-38-36-39(33)34(40)32(46-36)19-26-25-12-8-6-10-22(25)14-16-29(26)45-21-24-11-7-9-13-28(24)37/h6-20,33H,4-5,21H2,1-3H3/b32-19+/t33-/m0/s1. The van der Waals surface area contributed by atoms with Gasteiger partial charge >= 0.3 is 5.97 Å². The molecule has 1 aliphatic heterocycles. The molecule has 8 nitrogen and oxygen atoms in total. The molecule has 0 fully saturated rings. The van der Waals surface area contributed by atoms with Crippen molar-refractivity contribution in [1.82, 2.24) is 4.57 Å². The molecule has 0 saturated carbocycles. The van der Waals surface area contributed by atoms with Crippen LogP contribution < -0.4 is 29.1 Å². The number of hydrogen-bond donors (Lipinski definition) is 0. The Labute approximate surface area is 268 Å². The summed E-state index contributed by atoms with van der Waals surface area (Å²) in [4.78, 5) is 32.2. The average Bonchev–Trinajstić information content (AvgIpc) is 3.39. The van der Waals surface area contributed by atoms with Crippen LogP contribution in [0.3, 0.4) is 0 Å². The lowest BCUT2D eigenvalue weighted by molar-refractivity contribution is -0.136. The Kier molecular flexibility index (Phi) is 8.98. The van der Waals surface area contributed by atoms with Gasteiger partial charge in [-0.15, -0.1) is 0 Å². The number of hydrogen-bond acceptors (Lipinski definition) is 8. The minimum absolute atomic E-state index is 0.00942. The topological polar surface area (TPSA) is 88.4 Å². The maximum Gasteiger partial charge on any atom is 0.337 e. The number of benzene rings is 4. The van der Waals surface area contributed by atoms with E-state index < -0.39 is 12.0 Å². The summed E-state index contributed by atoms with van der Waals surface area (Å²) in [5, 5.41) is 1.81. The van der Waals surface area contributed by atoms with Crippen LogP contribution in [0.15, 0.2) is 100 Å². The largest absolute Gasteiger partial charge is 0.490 e. The molecule has 6 rings (SSSR count). The SMILES string of the molecule is CCOc1ccc([C@H]2C(C(=O)OC)=CN=c3s/c(=C/c4c(OCc5ccccc5F)ccc5ccccc45)c(=O)n32)cc1OCC. The van der Waals surface area contributed by atoms with Crippen molar-refractivity contribution in [3.8, 4) is 17.2 Å². The van der Waals surface area contributed by atoms with Gasteiger partial charge in [-0.1, -0.05) is 65.9 Å². The predicted molar refractivity (Wildman–Crippen MR) is 175 cm³/mol. The summed E-state index contributed by atoms with van der Waals surface area (Å²) in [7, 11) is 1.29. The second-order valence-corrected chi connectivity index (χ2v) is 11.3. The Morgan fingerprint density at radius 2 is 1.67 bits per heavy atom. The zero-order valence-corrected chi connectivity index (χ0v) is 26.3. The van der Waals surface area contributed by atoms with Crippen molar-refractivity contribution in [1.29, 1.82) is 0 Å². The predicted octanol–water partition coefficient (Wildman–Crippen LogP) is 5.69. The Hall–Kier alpha value is -5.22. The highest BCUT2D eigenvalue weighted by atomic mass is 32.1. The lowest BCUT2D eigenvalue weighted by Crippen LogP contribution is -2.39. The van der Waals surface area contributed by atoms with E-state index in [1.807, 2.05) is 50.2 Å². The second-order valence-electron chi connectivity index (χ2n) is 10.3. The van der Waals surface area contributed by atoms with Crippen molar-refractivity contribution in [2.75, 3.05) is 20.3 Å². The molecule has 0 radical (unpaired) electrons. The molecule has 0 unspecified atom stereocenters. The number of aromatic nitrogens is 1. The van der Waals surface area contributed by atoms with Gasteiger partial charge in [0.1, 0.15) is 18.2 Å². The van der Waals surface area contributed by atoms with E-state index in [1.54, 1.807) is 42.5 Å². The molecule has 5 aromatic rings. The van der Waals surface area contributed by atoms with Gasteiger partial charge in [0.25, 0.3) is 5.56 Å². The van der Waals surface area contributed by atoms with Crippen molar-refractivity contribution < 1.29 is 28.1 Å². The van der Waals surface area contributed by atoms with Gasteiger partial charge in [-0.2, -0.15) is 0 Å². The molecule has 0 spiro atoms. The molecule has 1 aliphatic rings. The van der Waals surface area contributed by atoms with Crippen LogP contribution in [0.1, 0.15) is 36.6 Å². The lowest BCUT2D eigenvalue weighted by atomic mass is 9.97. The van der Waals surface area contributed by atoms with E-state index in [0.29, 0.717) is 56.5 Å². The quantitative estimate of drug-likeness (QED) is 0.183. The van der Waals surface area contributed by atoms with Gasteiger partial charge in [-0.25, -0.2) is 14.2 Å². The van der Waals surface area contributed by atoms with Crippen LogP contribution in [0.2, 0.25) is 0 Å². The first kappa shape index (κ1) is 30.8. The first-order valence-electron chi connectivity index (χ1n) is 14.8. The molecule has 1 atom stereocenters. The van der Waals surface area contributed by atoms with Crippen LogP contribution in [-0.2, 0) is 16.1 Å². The summed E-state index contributed by atoms with van der Waals surface area (Å²) in [5.74, 6) is 0.585. The highest BCUT2D eigenvalue weighted by molar-refractivity contribution is 7.07. The van der Waals surface area contributed by atoms with E-state index in [2.05, 4.69) is 4.99 Å². The highest BCUT2D eigenvalue weighted by Gasteiger charge is 2.31. The maximum atomic E-state index is 14.4. The van der Waals surface area contributed by atoms with Crippen LogP contribution in [0.25, 0.3) is 16.8 Å². The van der Waals surface area contributed by atoms with Crippen molar-refractivity contribution in [2.45, 2.75) is 26.5 Å². The molecule has 10 heteroatoms. The number of halogens is 1. The number of nitrogens with zero attached hydrogens (tertiary/aromatic N) is 2. The van der Waals surface area contributed by atoms with Crippen molar-refractivity contribution in [3.05, 3.63) is 133 Å². The number of thiazole rings is 1. The van der Waals surface area contributed by atoms with Gasteiger partial charge in [0.05, 0.1) is 36.5 Å². The minimum Gasteiger partial charge on any atom is -0.490 e. The van der Waals surface area contributed by atoms with Gasteiger partial charge < -0.3 is 18.9 Å². The molecule has 46 heavy (non-hydrogen) atoms. The molecule has 0 aliphatic carbocycles. The third-order valence-corrected chi connectivity index (χ3v) is 8.55. The molecular formula is C36H31FN2O6S. The van der Waals surface area contributed by atoms with Gasteiger partial charge in [-0.3, -0.25) is 9.36 Å². The fourth-order valence-corrected chi connectivity index (χ4v) is 6.39. The molecule has 2 heterocycles. The minimum atomic E-state index is -0.829. The summed E-state index contributed by atoms with van der Waals surface area (Å²) in [6.45, 7) is 4.61. The first-order valence-corrected chi connectivity index (χ1v) is 15.6. The number of carbonyl (C=O) groups excluding carboxylic acids is 1. The summed E-state index contributed by atoms with van der Waals surface area (Å²) in [6.07, 6.45) is 3.22. The van der Waals surface area contributed by atoms with Crippen molar-refractivity contribution in [2.24, 2.45) is 4.99 Å². The number of methoxy groups -OCH3 is 1. The molecule has 234 valence electrons. The van der Waals surface area contributed by atoms with Gasteiger partial charge in [-0.05, 0) is 60.5 Å². The van der Waals surface area contributed by atoms with Crippen molar-refractivity contribution in [3.63, 3.8) is 0 Å². The van der Waals surface area contributed by atoms with E-state index in [4.69, 9.17) is 18.9 Å². The molecule has 4 aromatic carbocycles. The van der Waals surface area contributed by atoms with Crippen LogP contribution in [0, 0.1) is 5.82 Å². The molecular weight excluding hydrogens is 607 g/mol. The average molecular weight is 639 g/mol. The number of esters is 1. The van der Waals surface area contributed by atoms with E-state index in [1.165, 1.54) is 35.3 Å². The first-order chi connectivity index (χ1) is 22.4. The normalized spacial score (nSPS) is 14.3. The van der Waals surface area contributed by atoms with Crippen LogP contribution in [0.5, 0.6) is 17.2 Å². The summed E-state index contributed by atoms with van der Waals surface area (Å²) < 4.78 is 39.1. The Bertz CT molecular complexity index is 2150. The lowest BCUT2D eigenvalue weighted by Gasteiger charge is -2.23. The van der Waals surface area contributed by atoms with E-state index in [9.17, 15) is 14.0 Å². The highest BCUT2D eigenvalue weighted by Crippen LogP contribution is 2.35. The van der Waals surface area contributed by atoms with Gasteiger partial charge in [0, 0.05) is 17.3 Å². The number of rotatable bonds is 10. The summed E-state index contributed by atoms with van der Waals surface area (Å²) >= 11 is 1.20. The second kappa shape index (κ2) is 13.4. The van der Waals surface area contributed by atoms with E-state index in [-0.39, 0.29) is 23.6 Å². The molecule has 0 bridgehead atoms. The number of ether oxygens (including phenoxy) is 4. The fourth-order valence-electron chi connectivity index (χ4n) is 5.44. The van der Waals surface area contributed by atoms with Crippen LogP contribution >= 0.6 is 11.3 Å². The monoisotopic (exact) mass is 638 g/mol. The third-order valence-electron chi connectivity index (χ3n) is 7.56. The Balaban J connectivity index is 1.51. The zero-order valence-electron chi connectivity index (χ0n) is 25.5. The van der Waals surface area contributed by atoms with E-state index >= 15 is 0 Å². The van der Waals surface area contributed by atoms with Gasteiger partial charge in [0.2, 0.25) is 0 Å². The zero-order chi connectivity index (χ0) is 32.2. The van der Waals surface area contributed by atoms with E-state index in [0.717, 1.165) is 10.8 Å². The van der Waals surface area contributed by atoms with Crippen LogP contribution in [0.4, 0.5) is 4.39 Å². The molecule has 0 amide bonds. The summed E-state index contributed by atoms with van der Waals surface area (Å²) in [5.41, 5.74) is 1.57. The maximum absolute atomic E-state index is 14.4. The summed E-state index contributed by atoms with van der Waals surface area (Å²) in [6, 6.07) is 22.5. The number of fused-ring (bicyclic) bond motifs is 2. The van der Waals surface area contributed by atoms with Crippen LogP contribution in [-0.4, -0.2) is 30.9 Å². The van der Waals surface area contributed by atoms with Gasteiger partial charge in [0.15, 0.2) is 16.3 Å². The molecule has 0 N–H and O–H groups in total. The Morgan fingerprint density at radius 1 is 0.935 bits per heavy atom.